The molecule has 2 atom stereocenters. The molecule has 11 heteroatoms. The second-order valence-electron chi connectivity index (χ2n) is 9.30. The Balaban J connectivity index is 1.44. The Bertz CT molecular complexity index is 1510. The molecule has 1 aliphatic heterocycles. The van der Waals surface area contributed by atoms with Crippen LogP contribution in [0.2, 0.25) is 0 Å². The van der Waals surface area contributed by atoms with Gasteiger partial charge in [0.2, 0.25) is 0 Å². The molecule has 2 N–H and O–H groups in total. The van der Waals surface area contributed by atoms with Crippen LogP contribution in [0.4, 0.5) is 13.2 Å². The molecule has 2 unspecified atom stereocenters. The van der Waals surface area contributed by atoms with E-state index in [2.05, 4.69) is 23.6 Å². The van der Waals surface area contributed by atoms with E-state index in [4.69, 9.17) is 4.98 Å². The van der Waals surface area contributed by atoms with Gasteiger partial charge in [-0.1, -0.05) is 18.2 Å². The number of likely N-dealkylation sites (tertiary alicyclic amines) is 1. The Labute approximate surface area is 210 Å². The largest absolute Gasteiger partial charge is 0.471 e. The fourth-order valence-electron chi connectivity index (χ4n) is 5.09. The number of aromatic nitrogens is 3. The first-order chi connectivity index (χ1) is 17.6. The van der Waals surface area contributed by atoms with Gasteiger partial charge in [0.1, 0.15) is 0 Å². The van der Waals surface area contributed by atoms with Gasteiger partial charge in [-0.2, -0.15) is 13.2 Å². The number of fused-ring (bicyclic) bond motifs is 2. The lowest BCUT2D eigenvalue weighted by Gasteiger charge is -2.36. The van der Waals surface area contributed by atoms with E-state index in [0.29, 0.717) is 11.1 Å². The monoisotopic (exact) mass is 513 g/mol. The predicted octanol–water partition coefficient (Wildman–Crippen LogP) is 3.47. The van der Waals surface area contributed by atoms with Gasteiger partial charge < -0.3 is 24.5 Å². The maximum absolute atomic E-state index is 13.2. The molecule has 1 fully saturated rings. The van der Waals surface area contributed by atoms with Crippen LogP contribution in [0, 0.1) is 0 Å². The number of hydrogen-bond donors (Lipinski definition) is 2. The van der Waals surface area contributed by atoms with Crippen molar-refractivity contribution in [3.63, 3.8) is 0 Å². The van der Waals surface area contributed by atoms with E-state index in [-0.39, 0.29) is 19.5 Å². The number of β-amino-alcohol motifs (C(OH)–C–C–N with tert-alkyl or cyclic N) is 1. The second-order valence-corrected chi connectivity index (χ2v) is 9.30. The maximum Gasteiger partial charge on any atom is 0.471 e. The van der Waals surface area contributed by atoms with Crippen LogP contribution in [0.3, 0.4) is 0 Å². The average molecular weight is 514 g/mol. The van der Waals surface area contributed by atoms with E-state index in [9.17, 15) is 27.9 Å². The highest BCUT2D eigenvalue weighted by atomic mass is 19.4. The summed E-state index contributed by atoms with van der Waals surface area (Å²) in [5.41, 5.74) is 3.74. The molecule has 0 bridgehead atoms. The summed E-state index contributed by atoms with van der Waals surface area (Å²) in [6.45, 7) is 2.63. The summed E-state index contributed by atoms with van der Waals surface area (Å²) in [7, 11) is 1.90. The quantitative estimate of drug-likeness (QED) is 0.437. The van der Waals surface area contributed by atoms with Gasteiger partial charge in [-0.25, -0.2) is 4.98 Å². The molecule has 0 aliphatic carbocycles. The molecule has 1 saturated heterocycles. The lowest BCUT2D eigenvalue weighted by Crippen LogP contribution is -2.56. The minimum absolute atomic E-state index is 0.0423. The van der Waals surface area contributed by atoms with Gasteiger partial charge in [0.15, 0.2) is 5.82 Å². The summed E-state index contributed by atoms with van der Waals surface area (Å²) in [6.07, 6.45) is -6.17. The van der Waals surface area contributed by atoms with Gasteiger partial charge in [-0.3, -0.25) is 9.59 Å². The number of rotatable bonds is 4. The summed E-state index contributed by atoms with van der Waals surface area (Å²) in [6, 6.07) is 14.2. The van der Waals surface area contributed by atoms with Crippen molar-refractivity contribution in [2.75, 3.05) is 13.1 Å². The Morgan fingerprint density at radius 2 is 1.86 bits per heavy atom. The molecule has 4 aromatic rings. The standard InChI is InChI=1S/C26H26F3N5O3/c1-3-34-20-7-5-4-6-15(20)11-22(34)23-31-19-10-16(8-9-21(19)32(23)2)24(36)33-13-17(12-18(35)14-33)30-25(37)26(27,28)29/h4-11,17-18,35H,3,12-14H2,1-2H3,(H,30,37). The van der Waals surface area contributed by atoms with Crippen molar-refractivity contribution in [3.8, 4) is 11.5 Å². The van der Waals surface area contributed by atoms with E-state index in [0.717, 1.165) is 34.5 Å². The average Bonchev–Trinajstić information content (AvgIpc) is 3.39. The van der Waals surface area contributed by atoms with Crippen molar-refractivity contribution in [1.29, 1.82) is 0 Å². The number of para-hydroxylation sites is 1. The number of amides is 2. The van der Waals surface area contributed by atoms with E-state index in [1.165, 1.54) is 4.90 Å². The molecule has 0 spiro atoms. The Morgan fingerprint density at radius 1 is 1.11 bits per heavy atom. The Hall–Kier alpha value is -3.86. The van der Waals surface area contributed by atoms with Crippen molar-refractivity contribution in [1.82, 2.24) is 24.3 Å². The van der Waals surface area contributed by atoms with Crippen LogP contribution in [0.25, 0.3) is 33.5 Å². The van der Waals surface area contributed by atoms with Crippen LogP contribution < -0.4 is 5.32 Å². The smallest absolute Gasteiger partial charge is 0.391 e. The summed E-state index contributed by atoms with van der Waals surface area (Å²) < 4.78 is 42.1. The fourth-order valence-corrected chi connectivity index (χ4v) is 5.09. The van der Waals surface area contributed by atoms with Gasteiger partial charge >= 0.3 is 12.1 Å². The molecule has 8 nitrogen and oxygen atoms in total. The number of imidazole rings is 1. The molecule has 2 aromatic heterocycles. The highest BCUT2D eigenvalue weighted by molar-refractivity contribution is 5.98. The SMILES string of the molecule is CCn1c(-c2nc3cc(C(=O)N4CC(O)CC(NC(=O)C(F)(F)F)C4)ccc3n2C)cc2ccccc21. The van der Waals surface area contributed by atoms with E-state index >= 15 is 0 Å². The lowest BCUT2D eigenvalue weighted by molar-refractivity contribution is -0.174. The first-order valence-corrected chi connectivity index (χ1v) is 12.0. The van der Waals surface area contributed by atoms with Gasteiger partial charge in [0.25, 0.3) is 5.91 Å². The number of aryl methyl sites for hydroxylation is 2. The summed E-state index contributed by atoms with van der Waals surface area (Å²) in [4.78, 5) is 30.7. The fraction of sp³-hybridized carbons (Fsp3) is 0.346. The van der Waals surface area contributed by atoms with Gasteiger partial charge in [-0.05, 0) is 43.7 Å². The number of benzene rings is 2. The summed E-state index contributed by atoms with van der Waals surface area (Å²) >= 11 is 0. The molecule has 3 heterocycles. The van der Waals surface area contributed by atoms with Gasteiger partial charge in [0.05, 0.1) is 22.8 Å². The third kappa shape index (κ3) is 4.55. The zero-order valence-corrected chi connectivity index (χ0v) is 20.3. The maximum atomic E-state index is 13.2. The highest BCUT2D eigenvalue weighted by Crippen LogP contribution is 2.30. The zero-order chi connectivity index (χ0) is 26.5. The number of carbonyl (C=O) groups excluding carboxylic acids is 2. The first kappa shape index (κ1) is 24.8. The number of nitrogens with zero attached hydrogens (tertiary/aromatic N) is 4. The number of hydrogen-bond acceptors (Lipinski definition) is 4. The molecule has 2 aromatic carbocycles. The number of nitrogens with one attached hydrogen (secondary N) is 1. The highest BCUT2D eigenvalue weighted by Gasteiger charge is 2.41. The normalized spacial score (nSPS) is 18.5. The van der Waals surface area contributed by atoms with Crippen molar-refractivity contribution >= 4 is 33.8 Å². The van der Waals surface area contributed by atoms with Gasteiger partial charge in [-0.15, -0.1) is 0 Å². The van der Waals surface area contributed by atoms with Crippen LogP contribution >= 0.6 is 0 Å². The number of aliphatic hydroxyl groups excluding tert-OH is 1. The molecule has 1 aliphatic rings. The van der Waals surface area contributed by atoms with Crippen LogP contribution in [0.1, 0.15) is 23.7 Å². The van der Waals surface area contributed by atoms with Crippen LogP contribution in [-0.4, -0.2) is 67.4 Å². The molecular weight excluding hydrogens is 487 g/mol. The van der Waals surface area contributed by atoms with Crippen molar-refractivity contribution in [2.45, 2.75) is 38.2 Å². The minimum atomic E-state index is -5.04. The third-order valence-corrected chi connectivity index (χ3v) is 6.79. The lowest BCUT2D eigenvalue weighted by atomic mass is 10.0. The van der Waals surface area contributed by atoms with Gasteiger partial charge in [0, 0.05) is 49.2 Å². The van der Waals surface area contributed by atoms with E-state index in [1.807, 2.05) is 35.1 Å². The predicted molar refractivity (Wildman–Crippen MR) is 132 cm³/mol. The van der Waals surface area contributed by atoms with Crippen molar-refractivity contribution in [3.05, 3.63) is 54.1 Å². The number of halogens is 3. The van der Waals surface area contributed by atoms with Crippen LogP contribution in [0.5, 0.6) is 0 Å². The zero-order valence-electron chi connectivity index (χ0n) is 20.3. The molecule has 5 rings (SSSR count). The first-order valence-electron chi connectivity index (χ1n) is 12.0. The van der Waals surface area contributed by atoms with Crippen LogP contribution in [-0.2, 0) is 18.4 Å². The second kappa shape index (κ2) is 9.22. The molecule has 2 amide bonds. The summed E-state index contributed by atoms with van der Waals surface area (Å²) in [5.74, 6) is -1.81. The third-order valence-electron chi connectivity index (χ3n) is 6.79. The van der Waals surface area contributed by atoms with Crippen molar-refractivity contribution in [2.24, 2.45) is 7.05 Å². The molecular formula is C26H26F3N5O3. The summed E-state index contributed by atoms with van der Waals surface area (Å²) in [5, 5.41) is 13.1. The molecule has 37 heavy (non-hydrogen) atoms. The number of aliphatic hydroxyl groups is 1. The Kier molecular flexibility index (Phi) is 6.18. The van der Waals surface area contributed by atoms with Crippen molar-refractivity contribution < 1.29 is 27.9 Å². The molecule has 194 valence electrons. The van der Waals surface area contributed by atoms with E-state index in [1.54, 1.807) is 18.2 Å². The molecule has 0 saturated carbocycles. The topological polar surface area (TPSA) is 92.4 Å². The number of piperidine rings is 1. The Morgan fingerprint density at radius 3 is 2.59 bits per heavy atom. The van der Waals surface area contributed by atoms with Crippen LogP contribution in [0.15, 0.2) is 48.5 Å². The number of alkyl halides is 3. The number of carbonyl (C=O) groups is 2. The molecule has 0 radical (unpaired) electrons. The minimum Gasteiger partial charge on any atom is -0.391 e. The van der Waals surface area contributed by atoms with E-state index < -0.39 is 30.1 Å².